The van der Waals surface area contributed by atoms with Crippen molar-refractivity contribution < 1.29 is 0 Å². The molecular weight excluding hydrogens is 347 g/mol. The Morgan fingerprint density at radius 3 is 1.70 bits per heavy atom. The summed E-state index contributed by atoms with van der Waals surface area (Å²) in [4.78, 5) is 0. The Hall–Kier alpha value is -0.761. The fourth-order valence-electron chi connectivity index (χ4n) is 3.59. The minimum absolute atomic E-state index is 1.00. The van der Waals surface area contributed by atoms with Crippen LogP contribution in [-0.4, -0.2) is 19.8 Å². The fourth-order valence-corrected chi connectivity index (χ4v) is 13.4. The zero-order chi connectivity index (χ0) is 13.6. The number of rotatable bonds is 4. The number of hydrogen-bond acceptors (Lipinski definition) is 0. The third kappa shape index (κ3) is 3.66. The molecule has 0 atom stereocenters. The predicted molar refractivity (Wildman–Crippen MR) is 90.7 cm³/mol. The van der Waals surface area contributed by atoms with E-state index >= 15 is 0 Å². The zero-order valence-corrected chi connectivity index (χ0v) is 15.5. The molecule has 0 unspecified atom stereocenters. The second-order valence-electron chi connectivity index (χ2n) is 6.11. The van der Waals surface area contributed by atoms with Gasteiger partial charge in [0.2, 0.25) is 0 Å². The molecule has 2 aromatic carbocycles. The van der Waals surface area contributed by atoms with Crippen molar-refractivity contribution in [3.05, 3.63) is 60.7 Å². The van der Waals surface area contributed by atoms with Crippen molar-refractivity contribution in [1.82, 2.24) is 0 Å². The molecule has 1 fully saturated rings. The molecule has 2 aromatic rings. The summed E-state index contributed by atoms with van der Waals surface area (Å²) in [5.74, 6) is 1.00. The van der Waals surface area contributed by atoms with Crippen molar-refractivity contribution in [3.63, 3.8) is 0 Å². The predicted octanol–water partition coefficient (Wildman–Crippen LogP) is 3.61. The van der Waals surface area contributed by atoms with Gasteiger partial charge in [0.25, 0.3) is 0 Å². The first-order chi connectivity index (χ1) is 9.93. The molecule has 0 aliphatic heterocycles. The van der Waals surface area contributed by atoms with E-state index in [2.05, 4.69) is 60.7 Å². The summed E-state index contributed by atoms with van der Waals surface area (Å²) >= 11 is -1.84. The van der Waals surface area contributed by atoms with Crippen LogP contribution in [0.3, 0.4) is 0 Å². The van der Waals surface area contributed by atoms with Gasteiger partial charge in [0.1, 0.15) is 0 Å². The molecule has 0 spiro atoms. The fraction of sp³-hybridized carbons (Fsp3) is 0.368. The van der Waals surface area contributed by atoms with E-state index in [0.29, 0.717) is 0 Å². The summed E-state index contributed by atoms with van der Waals surface area (Å²) in [6.45, 7) is 0. The van der Waals surface area contributed by atoms with Gasteiger partial charge >= 0.3 is 130 Å². The van der Waals surface area contributed by atoms with E-state index in [-0.39, 0.29) is 0 Å². The molecule has 0 radical (unpaired) electrons. The Bertz CT molecular complexity index is 460. The van der Waals surface area contributed by atoms with Gasteiger partial charge in [-0.3, -0.25) is 0 Å². The average molecular weight is 371 g/mol. The van der Waals surface area contributed by atoms with Crippen molar-refractivity contribution in [3.8, 4) is 0 Å². The molecule has 1 heteroatoms. The van der Waals surface area contributed by atoms with E-state index in [0.717, 1.165) is 5.92 Å². The van der Waals surface area contributed by atoms with Crippen LogP contribution in [0.4, 0.5) is 0 Å². The Labute approximate surface area is 130 Å². The first-order valence-corrected chi connectivity index (χ1v) is 13.7. The molecular formula is C19H24Sn. The van der Waals surface area contributed by atoms with Crippen molar-refractivity contribution in [2.45, 2.75) is 36.5 Å². The van der Waals surface area contributed by atoms with E-state index in [4.69, 9.17) is 0 Å². The summed E-state index contributed by atoms with van der Waals surface area (Å²) in [6.07, 6.45) is 7.35. The van der Waals surface area contributed by atoms with Crippen LogP contribution < -0.4 is 7.16 Å². The van der Waals surface area contributed by atoms with E-state index in [1.165, 1.54) is 36.5 Å². The Morgan fingerprint density at radius 1 is 0.700 bits per heavy atom. The molecule has 0 N–H and O–H groups in total. The van der Waals surface area contributed by atoms with Crippen LogP contribution in [0, 0.1) is 5.92 Å². The summed E-state index contributed by atoms with van der Waals surface area (Å²) in [5, 5.41) is 0. The van der Waals surface area contributed by atoms with Crippen LogP contribution in [-0.2, 0) is 0 Å². The SMILES string of the molecule is c1cc[c]([SnH]([CH2]C2CCCCC2)[c]2ccccc2)cc1. The van der Waals surface area contributed by atoms with E-state index in [9.17, 15) is 0 Å². The van der Waals surface area contributed by atoms with Crippen LogP contribution in [0.25, 0.3) is 0 Å². The topological polar surface area (TPSA) is 0 Å². The molecule has 1 saturated carbocycles. The van der Waals surface area contributed by atoms with Crippen LogP contribution in [0.2, 0.25) is 4.44 Å². The summed E-state index contributed by atoms with van der Waals surface area (Å²) in [7, 11) is 0. The summed E-state index contributed by atoms with van der Waals surface area (Å²) < 4.78 is 4.90. The van der Waals surface area contributed by atoms with Crippen molar-refractivity contribution >= 4 is 26.9 Å². The monoisotopic (exact) mass is 372 g/mol. The van der Waals surface area contributed by atoms with Crippen LogP contribution in [0.1, 0.15) is 32.1 Å². The minimum atomic E-state index is -1.84. The Balaban J connectivity index is 1.83. The van der Waals surface area contributed by atoms with Crippen molar-refractivity contribution in [1.29, 1.82) is 0 Å². The van der Waals surface area contributed by atoms with Crippen LogP contribution in [0.5, 0.6) is 0 Å². The molecule has 0 bridgehead atoms. The molecule has 3 rings (SSSR count). The van der Waals surface area contributed by atoms with Gasteiger partial charge in [-0.2, -0.15) is 0 Å². The Morgan fingerprint density at radius 2 is 1.20 bits per heavy atom. The number of benzene rings is 2. The first-order valence-electron chi connectivity index (χ1n) is 8.03. The second kappa shape index (κ2) is 7.31. The van der Waals surface area contributed by atoms with Gasteiger partial charge in [0, 0.05) is 0 Å². The van der Waals surface area contributed by atoms with E-state index < -0.39 is 19.8 Å². The summed E-state index contributed by atoms with van der Waals surface area (Å²) in [5.41, 5.74) is 0. The van der Waals surface area contributed by atoms with Gasteiger partial charge in [-0.25, -0.2) is 0 Å². The molecule has 0 heterocycles. The number of hydrogen-bond donors (Lipinski definition) is 0. The maximum absolute atomic E-state index is 2.39. The van der Waals surface area contributed by atoms with E-state index in [1.54, 1.807) is 7.16 Å². The van der Waals surface area contributed by atoms with Gasteiger partial charge in [0.15, 0.2) is 0 Å². The van der Waals surface area contributed by atoms with Gasteiger partial charge in [-0.1, -0.05) is 0 Å². The third-order valence-corrected chi connectivity index (χ3v) is 14.7. The molecule has 104 valence electrons. The van der Waals surface area contributed by atoms with E-state index in [1.807, 2.05) is 0 Å². The van der Waals surface area contributed by atoms with Crippen molar-refractivity contribution in [2.24, 2.45) is 5.92 Å². The van der Waals surface area contributed by atoms with Gasteiger partial charge in [-0.05, 0) is 0 Å². The van der Waals surface area contributed by atoms with Crippen molar-refractivity contribution in [2.75, 3.05) is 0 Å². The zero-order valence-electron chi connectivity index (χ0n) is 12.2. The Kier molecular flexibility index (Phi) is 5.18. The molecule has 0 aromatic heterocycles. The maximum atomic E-state index is 2.39. The van der Waals surface area contributed by atoms with Gasteiger partial charge in [-0.15, -0.1) is 0 Å². The quantitative estimate of drug-likeness (QED) is 0.721. The van der Waals surface area contributed by atoms with Crippen LogP contribution in [0.15, 0.2) is 60.7 Å². The normalized spacial score (nSPS) is 16.4. The summed E-state index contributed by atoms with van der Waals surface area (Å²) in [6, 6.07) is 22.7. The molecule has 1 aliphatic carbocycles. The molecule has 0 amide bonds. The average Bonchev–Trinajstić information content (AvgIpc) is 2.55. The van der Waals surface area contributed by atoms with Crippen LogP contribution >= 0.6 is 0 Å². The third-order valence-electron chi connectivity index (χ3n) is 4.70. The van der Waals surface area contributed by atoms with Gasteiger partial charge in [0.05, 0.1) is 0 Å². The molecule has 1 aliphatic rings. The molecule has 0 nitrogen and oxygen atoms in total. The molecule has 20 heavy (non-hydrogen) atoms. The molecule has 0 saturated heterocycles. The standard InChI is InChI=1S/C7H13.2C6H5.Sn.H/c1-7-5-3-2-4-6-7;2*1-2-4-6-5-3-1;;/h7H,1-6H2;2*1-5H;;. The van der Waals surface area contributed by atoms with Gasteiger partial charge < -0.3 is 0 Å². The first kappa shape index (κ1) is 14.2. The second-order valence-corrected chi connectivity index (χ2v) is 14.4.